The first-order chi connectivity index (χ1) is 14.9. The normalized spacial score (nSPS) is 11.3. The van der Waals surface area contributed by atoms with Crippen LogP contribution in [0.3, 0.4) is 0 Å². The van der Waals surface area contributed by atoms with Gasteiger partial charge in [0.2, 0.25) is 0 Å². The van der Waals surface area contributed by atoms with Crippen molar-refractivity contribution in [3.05, 3.63) is 71.2 Å². The Bertz CT molecular complexity index is 1080. The van der Waals surface area contributed by atoms with Crippen molar-refractivity contribution >= 4 is 11.7 Å². The Morgan fingerprint density at radius 1 is 1.23 bits per heavy atom. The van der Waals surface area contributed by atoms with Crippen LogP contribution < -0.4 is 10.5 Å². The van der Waals surface area contributed by atoms with Crippen LogP contribution in [0.2, 0.25) is 0 Å². The molecule has 1 amide bonds. The summed E-state index contributed by atoms with van der Waals surface area (Å²) in [6, 6.07) is 13.1. The first kappa shape index (κ1) is 21.8. The number of methoxy groups -OCH3 is 1. The minimum absolute atomic E-state index is 0.132. The molecule has 162 valence electrons. The second kappa shape index (κ2) is 9.75. The van der Waals surface area contributed by atoms with Crippen LogP contribution in [-0.2, 0) is 16.2 Å². The smallest absolute Gasteiger partial charge is 0.263 e. The number of amidine groups is 1. The highest BCUT2D eigenvalue weighted by atomic mass is 16.6. The highest BCUT2D eigenvalue weighted by Gasteiger charge is 2.13. The van der Waals surface area contributed by atoms with Gasteiger partial charge in [-0.15, -0.1) is 0 Å². The number of ether oxygens (including phenoxy) is 1. The number of oxime groups is 1. The van der Waals surface area contributed by atoms with E-state index in [9.17, 15) is 4.79 Å². The zero-order chi connectivity index (χ0) is 22.4. The molecule has 1 aromatic carbocycles. The van der Waals surface area contributed by atoms with Crippen LogP contribution in [0, 0.1) is 13.8 Å². The number of benzene rings is 1. The maximum Gasteiger partial charge on any atom is 0.263 e. The van der Waals surface area contributed by atoms with E-state index in [0.29, 0.717) is 17.9 Å². The number of aromatic nitrogens is 3. The Morgan fingerprint density at radius 2 is 2.00 bits per heavy atom. The van der Waals surface area contributed by atoms with E-state index < -0.39 is 0 Å². The first-order valence-electron chi connectivity index (χ1n) is 9.70. The van der Waals surface area contributed by atoms with Crippen molar-refractivity contribution in [2.75, 3.05) is 20.8 Å². The summed E-state index contributed by atoms with van der Waals surface area (Å²) in [5.74, 6) is 1.30. The number of nitrogens with two attached hydrogens (primary N) is 1. The molecular weight excluding hydrogens is 396 g/mol. The molecule has 31 heavy (non-hydrogen) atoms. The quantitative estimate of drug-likeness (QED) is 0.339. The molecule has 0 spiro atoms. The van der Waals surface area contributed by atoms with Gasteiger partial charge in [0, 0.05) is 36.6 Å². The standard InChI is InChI=1S/C22H26N6O3/c1-15-11-16(2)28(25-15)20-10-9-17(12-24-20)22(23)26-31-14-21(29)27(3)13-18-7-5-6-8-19(18)30-4/h5-12H,13-14H2,1-4H3,(H2,23,26). The summed E-state index contributed by atoms with van der Waals surface area (Å²) in [7, 11) is 3.28. The SMILES string of the molecule is COc1ccccc1CN(C)C(=O)CO/N=C(/N)c1ccc(-n2nc(C)cc2C)nc1. The average Bonchev–Trinajstić information content (AvgIpc) is 3.11. The Balaban J connectivity index is 1.56. The van der Waals surface area contributed by atoms with Crippen molar-refractivity contribution in [1.29, 1.82) is 0 Å². The fraction of sp³-hybridized carbons (Fsp3) is 0.273. The molecule has 9 heteroatoms. The largest absolute Gasteiger partial charge is 0.496 e. The summed E-state index contributed by atoms with van der Waals surface area (Å²) in [5, 5.41) is 8.24. The van der Waals surface area contributed by atoms with Gasteiger partial charge in [0.15, 0.2) is 18.3 Å². The Kier molecular flexibility index (Phi) is 6.86. The van der Waals surface area contributed by atoms with Crippen LogP contribution in [0.25, 0.3) is 5.82 Å². The van der Waals surface area contributed by atoms with E-state index >= 15 is 0 Å². The zero-order valence-corrected chi connectivity index (χ0v) is 18.1. The van der Waals surface area contributed by atoms with Crippen molar-refractivity contribution in [1.82, 2.24) is 19.7 Å². The first-order valence-corrected chi connectivity index (χ1v) is 9.70. The zero-order valence-electron chi connectivity index (χ0n) is 18.1. The molecule has 2 N–H and O–H groups in total. The number of nitrogens with zero attached hydrogens (tertiary/aromatic N) is 5. The number of carbonyl (C=O) groups excluding carboxylic acids is 1. The Morgan fingerprint density at radius 3 is 2.65 bits per heavy atom. The number of likely N-dealkylation sites (N-methyl/N-ethyl adjacent to an activating group) is 1. The molecule has 0 atom stereocenters. The minimum atomic E-state index is -0.236. The van der Waals surface area contributed by atoms with Crippen LogP contribution in [0.5, 0.6) is 5.75 Å². The third kappa shape index (κ3) is 5.39. The number of carbonyl (C=O) groups is 1. The molecule has 9 nitrogen and oxygen atoms in total. The molecule has 0 unspecified atom stereocenters. The van der Waals surface area contributed by atoms with Gasteiger partial charge >= 0.3 is 0 Å². The number of aryl methyl sites for hydroxylation is 2. The van der Waals surface area contributed by atoms with Crippen LogP contribution in [0.4, 0.5) is 0 Å². The van der Waals surface area contributed by atoms with E-state index in [-0.39, 0.29) is 18.3 Å². The molecule has 0 saturated carbocycles. The summed E-state index contributed by atoms with van der Waals surface area (Å²) in [4.78, 5) is 23.4. The van der Waals surface area contributed by atoms with Crippen molar-refractivity contribution in [3.63, 3.8) is 0 Å². The van der Waals surface area contributed by atoms with Gasteiger partial charge in [-0.3, -0.25) is 4.79 Å². The van der Waals surface area contributed by atoms with Crippen molar-refractivity contribution in [2.24, 2.45) is 10.9 Å². The summed E-state index contributed by atoms with van der Waals surface area (Å²) in [6.45, 7) is 4.04. The highest BCUT2D eigenvalue weighted by molar-refractivity contribution is 5.96. The van der Waals surface area contributed by atoms with Gasteiger partial charge < -0.3 is 20.2 Å². The number of para-hydroxylation sites is 1. The van der Waals surface area contributed by atoms with E-state index in [1.807, 2.05) is 44.2 Å². The van der Waals surface area contributed by atoms with Crippen molar-refractivity contribution in [3.8, 4) is 11.6 Å². The van der Waals surface area contributed by atoms with E-state index in [4.69, 9.17) is 15.3 Å². The summed E-state index contributed by atoms with van der Waals surface area (Å²) < 4.78 is 7.06. The lowest BCUT2D eigenvalue weighted by Crippen LogP contribution is -2.29. The second-order valence-corrected chi connectivity index (χ2v) is 7.06. The minimum Gasteiger partial charge on any atom is -0.496 e. The van der Waals surface area contributed by atoms with Crippen LogP contribution in [0.1, 0.15) is 22.5 Å². The molecule has 0 saturated heterocycles. The summed E-state index contributed by atoms with van der Waals surface area (Å²) >= 11 is 0. The molecule has 0 fully saturated rings. The number of hydrogen-bond acceptors (Lipinski definition) is 6. The number of rotatable bonds is 8. The lowest BCUT2D eigenvalue weighted by molar-refractivity contribution is -0.135. The van der Waals surface area contributed by atoms with Gasteiger partial charge in [-0.2, -0.15) is 5.10 Å². The maximum absolute atomic E-state index is 12.3. The average molecular weight is 422 g/mol. The predicted molar refractivity (Wildman–Crippen MR) is 117 cm³/mol. The monoisotopic (exact) mass is 422 g/mol. The topological polar surface area (TPSA) is 108 Å². The summed E-state index contributed by atoms with van der Waals surface area (Å²) in [6.07, 6.45) is 1.59. The second-order valence-electron chi connectivity index (χ2n) is 7.06. The molecular formula is C22H26N6O3. The van der Waals surface area contributed by atoms with Gasteiger partial charge in [-0.1, -0.05) is 23.4 Å². The third-order valence-corrected chi connectivity index (χ3v) is 4.65. The third-order valence-electron chi connectivity index (χ3n) is 4.65. The predicted octanol–water partition coefficient (Wildman–Crippen LogP) is 2.19. The van der Waals surface area contributed by atoms with E-state index in [1.165, 1.54) is 4.90 Å². The summed E-state index contributed by atoms with van der Waals surface area (Å²) in [5.41, 5.74) is 9.35. The fourth-order valence-electron chi connectivity index (χ4n) is 3.02. The molecule has 3 rings (SSSR count). The van der Waals surface area contributed by atoms with Gasteiger partial charge in [0.25, 0.3) is 5.91 Å². The maximum atomic E-state index is 12.3. The van der Waals surface area contributed by atoms with Crippen molar-refractivity contribution < 1.29 is 14.4 Å². The molecule has 0 aliphatic heterocycles. The van der Waals surface area contributed by atoms with Crippen LogP contribution >= 0.6 is 0 Å². The van der Waals surface area contributed by atoms with Gasteiger partial charge in [-0.25, -0.2) is 9.67 Å². The molecule has 0 aliphatic carbocycles. The Labute approximate surface area is 181 Å². The van der Waals surface area contributed by atoms with Gasteiger partial charge in [-0.05, 0) is 38.1 Å². The van der Waals surface area contributed by atoms with E-state index in [0.717, 1.165) is 22.7 Å². The van der Waals surface area contributed by atoms with Crippen LogP contribution in [-0.4, -0.2) is 52.2 Å². The molecule has 0 bridgehead atoms. The molecule has 0 radical (unpaired) electrons. The lowest BCUT2D eigenvalue weighted by Gasteiger charge is -2.18. The highest BCUT2D eigenvalue weighted by Crippen LogP contribution is 2.18. The van der Waals surface area contributed by atoms with E-state index in [2.05, 4.69) is 15.2 Å². The lowest BCUT2D eigenvalue weighted by atomic mass is 10.2. The number of amides is 1. The number of pyridine rings is 1. The van der Waals surface area contributed by atoms with Crippen LogP contribution in [0.15, 0.2) is 53.8 Å². The fourth-order valence-corrected chi connectivity index (χ4v) is 3.02. The van der Waals surface area contributed by atoms with Crippen molar-refractivity contribution in [2.45, 2.75) is 20.4 Å². The van der Waals surface area contributed by atoms with Gasteiger partial charge in [0.1, 0.15) is 5.75 Å². The molecule has 2 heterocycles. The van der Waals surface area contributed by atoms with Gasteiger partial charge in [0.05, 0.1) is 12.8 Å². The Hall–Kier alpha value is -3.88. The van der Waals surface area contributed by atoms with E-state index in [1.54, 1.807) is 37.2 Å². The molecule has 2 aromatic heterocycles. The molecule has 0 aliphatic rings. The molecule has 3 aromatic rings. The number of hydrogen-bond donors (Lipinski definition) is 1.